The van der Waals surface area contributed by atoms with Crippen molar-refractivity contribution in [3.05, 3.63) is 5.82 Å². The standard InChI is InChI=1S/C8H14N2OS2/c1-4-8(3,11)5-12-7-9-6(2)10-13-7/h11H,4-5H2,1-3H3. The van der Waals surface area contributed by atoms with Gasteiger partial charge >= 0.3 is 0 Å². The highest BCUT2D eigenvalue weighted by Crippen LogP contribution is 2.25. The van der Waals surface area contributed by atoms with Crippen molar-refractivity contribution in [2.24, 2.45) is 0 Å². The van der Waals surface area contributed by atoms with Crippen LogP contribution in [0.15, 0.2) is 4.34 Å². The molecule has 0 aliphatic carbocycles. The molecule has 1 aromatic rings. The highest BCUT2D eigenvalue weighted by atomic mass is 32.2. The van der Waals surface area contributed by atoms with Crippen molar-refractivity contribution < 1.29 is 5.11 Å². The Labute approximate surface area is 86.8 Å². The van der Waals surface area contributed by atoms with Crippen LogP contribution in [-0.4, -0.2) is 25.8 Å². The van der Waals surface area contributed by atoms with E-state index in [1.54, 1.807) is 11.8 Å². The van der Waals surface area contributed by atoms with Gasteiger partial charge in [-0.25, -0.2) is 4.98 Å². The third kappa shape index (κ3) is 3.62. The topological polar surface area (TPSA) is 46.0 Å². The van der Waals surface area contributed by atoms with Crippen molar-refractivity contribution in [2.45, 2.75) is 37.1 Å². The second-order valence-corrected chi connectivity index (χ2v) is 5.22. The fraction of sp³-hybridized carbons (Fsp3) is 0.750. The van der Waals surface area contributed by atoms with Gasteiger partial charge in [0.1, 0.15) is 5.82 Å². The Morgan fingerprint density at radius 2 is 2.31 bits per heavy atom. The molecule has 74 valence electrons. The van der Waals surface area contributed by atoms with Crippen LogP contribution in [0.5, 0.6) is 0 Å². The second-order valence-electron chi connectivity index (χ2n) is 3.25. The van der Waals surface area contributed by atoms with Crippen LogP contribution in [0.2, 0.25) is 0 Å². The molecule has 1 atom stereocenters. The van der Waals surface area contributed by atoms with Crippen molar-refractivity contribution in [2.75, 3.05) is 5.75 Å². The van der Waals surface area contributed by atoms with E-state index in [9.17, 15) is 5.11 Å². The molecule has 13 heavy (non-hydrogen) atoms. The second kappa shape index (κ2) is 4.39. The molecule has 0 aromatic carbocycles. The van der Waals surface area contributed by atoms with Crippen LogP contribution >= 0.6 is 23.3 Å². The van der Waals surface area contributed by atoms with Gasteiger partial charge in [-0.3, -0.25) is 0 Å². The van der Waals surface area contributed by atoms with Gasteiger partial charge in [-0.2, -0.15) is 4.37 Å². The van der Waals surface area contributed by atoms with Crippen LogP contribution in [0.1, 0.15) is 26.1 Å². The van der Waals surface area contributed by atoms with E-state index in [-0.39, 0.29) is 0 Å². The number of thioether (sulfide) groups is 1. The van der Waals surface area contributed by atoms with E-state index in [0.29, 0.717) is 5.75 Å². The lowest BCUT2D eigenvalue weighted by molar-refractivity contribution is 0.0816. The fourth-order valence-corrected chi connectivity index (χ4v) is 2.41. The van der Waals surface area contributed by atoms with E-state index >= 15 is 0 Å². The smallest absolute Gasteiger partial charge is 0.170 e. The molecule has 0 amide bonds. The summed E-state index contributed by atoms with van der Waals surface area (Å²) in [7, 11) is 0. The first-order chi connectivity index (χ1) is 6.03. The highest BCUT2D eigenvalue weighted by molar-refractivity contribution is 8.01. The summed E-state index contributed by atoms with van der Waals surface area (Å²) in [4.78, 5) is 4.21. The highest BCUT2D eigenvalue weighted by Gasteiger charge is 2.18. The number of nitrogens with zero attached hydrogens (tertiary/aromatic N) is 2. The van der Waals surface area contributed by atoms with Gasteiger partial charge in [-0.05, 0) is 31.8 Å². The largest absolute Gasteiger partial charge is 0.389 e. The summed E-state index contributed by atoms with van der Waals surface area (Å²) in [6, 6.07) is 0. The minimum absolute atomic E-state index is 0.593. The quantitative estimate of drug-likeness (QED) is 0.786. The predicted octanol–water partition coefficient (Wildman–Crippen LogP) is 2.10. The maximum absolute atomic E-state index is 9.73. The monoisotopic (exact) mass is 218 g/mol. The Bertz CT molecular complexity index is 273. The zero-order valence-corrected chi connectivity index (χ0v) is 9.71. The van der Waals surface area contributed by atoms with Gasteiger partial charge in [-0.15, -0.1) is 0 Å². The molecule has 0 saturated carbocycles. The van der Waals surface area contributed by atoms with Crippen LogP contribution < -0.4 is 0 Å². The summed E-state index contributed by atoms with van der Waals surface area (Å²) in [6.45, 7) is 5.69. The molecule has 1 aromatic heterocycles. The average Bonchev–Trinajstić information content (AvgIpc) is 2.48. The molecule has 0 radical (unpaired) electrons. The Morgan fingerprint density at radius 3 is 2.77 bits per heavy atom. The fourth-order valence-electron chi connectivity index (χ4n) is 0.656. The number of rotatable bonds is 4. The zero-order valence-electron chi connectivity index (χ0n) is 8.07. The Balaban J connectivity index is 2.43. The van der Waals surface area contributed by atoms with Crippen LogP contribution in [0.4, 0.5) is 0 Å². The molecule has 5 heteroatoms. The van der Waals surface area contributed by atoms with Gasteiger partial charge in [0.15, 0.2) is 4.34 Å². The van der Waals surface area contributed by atoms with Gasteiger partial charge in [0, 0.05) is 5.75 Å². The molecular weight excluding hydrogens is 204 g/mol. The number of hydrogen-bond acceptors (Lipinski definition) is 5. The first-order valence-corrected chi connectivity index (χ1v) is 5.95. The molecule has 1 N–H and O–H groups in total. The minimum atomic E-state index is -0.593. The molecule has 0 saturated heterocycles. The van der Waals surface area contributed by atoms with Crippen molar-refractivity contribution >= 4 is 23.3 Å². The first-order valence-electron chi connectivity index (χ1n) is 4.19. The van der Waals surface area contributed by atoms with Crippen molar-refractivity contribution in [1.82, 2.24) is 9.36 Å². The Hall–Kier alpha value is -0.130. The van der Waals surface area contributed by atoms with E-state index in [0.717, 1.165) is 16.6 Å². The molecule has 1 rings (SSSR count). The Morgan fingerprint density at radius 1 is 1.62 bits per heavy atom. The minimum Gasteiger partial charge on any atom is -0.389 e. The van der Waals surface area contributed by atoms with Crippen molar-refractivity contribution in [1.29, 1.82) is 0 Å². The third-order valence-electron chi connectivity index (χ3n) is 1.78. The number of aromatic nitrogens is 2. The van der Waals surface area contributed by atoms with Gasteiger partial charge < -0.3 is 5.11 Å². The van der Waals surface area contributed by atoms with E-state index in [1.165, 1.54) is 11.5 Å². The van der Waals surface area contributed by atoms with Gasteiger partial charge in [0.2, 0.25) is 0 Å². The molecule has 0 spiro atoms. The molecule has 0 bridgehead atoms. The van der Waals surface area contributed by atoms with E-state index in [4.69, 9.17) is 0 Å². The normalized spacial score (nSPS) is 15.7. The molecular formula is C8H14N2OS2. The van der Waals surface area contributed by atoms with E-state index in [2.05, 4.69) is 9.36 Å². The summed E-state index contributed by atoms with van der Waals surface area (Å²) in [6.07, 6.45) is 0.762. The lowest BCUT2D eigenvalue weighted by Crippen LogP contribution is -2.25. The summed E-state index contributed by atoms with van der Waals surface area (Å²) in [5.41, 5.74) is -0.593. The van der Waals surface area contributed by atoms with Crippen molar-refractivity contribution in [3.63, 3.8) is 0 Å². The van der Waals surface area contributed by atoms with E-state index in [1.807, 2.05) is 20.8 Å². The van der Waals surface area contributed by atoms with Gasteiger partial charge in [-0.1, -0.05) is 18.7 Å². The van der Waals surface area contributed by atoms with Crippen LogP contribution in [0.3, 0.4) is 0 Å². The van der Waals surface area contributed by atoms with Gasteiger partial charge in [0.25, 0.3) is 0 Å². The molecule has 0 aliphatic rings. The first kappa shape index (κ1) is 10.9. The maximum Gasteiger partial charge on any atom is 0.170 e. The number of aliphatic hydroxyl groups is 1. The van der Waals surface area contributed by atoms with Gasteiger partial charge in [0.05, 0.1) is 5.60 Å². The zero-order chi connectivity index (χ0) is 9.90. The molecule has 0 aliphatic heterocycles. The summed E-state index contributed by atoms with van der Waals surface area (Å²) >= 11 is 2.96. The lowest BCUT2D eigenvalue weighted by Gasteiger charge is -2.19. The van der Waals surface area contributed by atoms with Crippen molar-refractivity contribution in [3.8, 4) is 0 Å². The van der Waals surface area contributed by atoms with Crippen LogP contribution in [-0.2, 0) is 0 Å². The number of aryl methyl sites for hydroxylation is 1. The average molecular weight is 218 g/mol. The predicted molar refractivity (Wildman–Crippen MR) is 56.3 cm³/mol. The molecule has 0 fully saturated rings. The van der Waals surface area contributed by atoms with E-state index < -0.39 is 5.60 Å². The third-order valence-corrected chi connectivity index (χ3v) is 4.06. The summed E-state index contributed by atoms with van der Waals surface area (Å²) in [5.74, 6) is 1.49. The molecule has 1 unspecified atom stereocenters. The molecule has 1 heterocycles. The maximum atomic E-state index is 9.73. The summed E-state index contributed by atoms with van der Waals surface area (Å²) < 4.78 is 5.01. The van der Waals surface area contributed by atoms with Crippen LogP contribution in [0, 0.1) is 6.92 Å². The SMILES string of the molecule is CCC(C)(O)CSc1nc(C)ns1. The molecule has 3 nitrogen and oxygen atoms in total. The number of hydrogen-bond donors (Lipinski definition) is 1. The summed E-state index contributed by atoms with van der Waals surface area (Å²) in [5, 5.41) is 9.73. The van der Waals surface area contributed by atoms with Crippen LogP contribution in [0.25, 0.3) is 0 Å². The lowest BCUT2D eigenvalue weighted by atomic mass is 10.1. The Kier molecular flexibility index (Phi) is 3.70.